The first-order valence-corrected chi connectivity index (χ1v) is 13.6. The van der Waals surface area contributed by atoms with Gasteiger partial charge in [0.2, 0.25) is 5.91 Å². The fraction of sp³-hybridized carbons (Fsp3) is 0.556. The summed E-state index contributed by atoms with van der Waals surface area (Å²) in [5.41, 5.74) is 9.44. The number of aliphatic hydroxyl groups excluding tert-OH is 1. The van der Waals surface area contributed by atoms with Gasteiger partial charge in [-0.15, -0.1) is 11.3 Å². The number of hydrogen-bond donors (Lipinski definition) is 3. The molecule has 1 aliphatic rings. The van der Waals surface area contributed by atoms with Crippen LogP contribution >= 0.6 is 11.3 Å². The molecule has 1 aromatic heterocycles. The van der Waals surface area contributed by atoms with E-state index >= 15 is 0 Å². The van der Waals surface area contributed by atoms with Crippen molar-refractivity contribution in [1.29, 1.82) is 0 Å². The molecule has 3 unspecified atom stereocenters. The Bertz CT molecular complexity index is 1070. The number of amides is 2. The summed E-state index contributed by atoms with van der Waals surface area (Å²) >= 11 is 1.58. The highest BCUT2D eigenvalue weighted by Crippen LogP contribution is 2.29. The highest BCUT2D eigenvalue weighted by Gasteiger charge is 2.48. The number of hydrogen-bond acceptors (Lipinski definition) is 7. The molecule has 1 aliphatic heterocycles. The standard InChI is InChI=1S/C27H38N4O4S/c1-5-7-8-9-23(33)27(28,6-2)26(35)31-15-21(32)14-22(31)25(34)30-17(3)19-10-12-20(13-11-19)24-18(4)29-16-36-24/h10-13,16-17,21-22,32H,5-9,14-15,28H2,1-4H3,(H,30,34)/t17-,21?,22?,27?/m0/s1. The highest BCUT2D eigenvalue weighted by atomic mass is 32.1. The third-order valence-electron chi connectivity index (χ3n) is 7.06. The largest absolute Gasteiger partial charge is 0.391 e. The van der Waals surface area contributed by atoms with Gasteiger partial charge in [-0.05, 0) is 37.8 Å². The van der Waals surface area contributed by atoms with E-state index < -0.39 is 23.6 Å². The molecule has 0 saturated carbocycles. The molecular formula is C27H38N4O4S. The molecule has 4 atom stereocenters. The minimum atomic E-state index is -1.69. The summed E-state index contributed by atoms with van der Waals surface area (Å²) in [6, 6.07) is 6.73. The molecule has 3 rings (SSSR count). The number of carbonyl (C=O) groups excluding carboxylic acids is 3. The Morgan fingerprint density at radius 2 is 1.94 bits per heavy atom. The van der Waals surface area contributed by atoms with Crippen LogP contribution in [0.2, 0.25) is 0 Å². The predicted molar refractivity (Wildman–Crippen MR) is 141 cm³/mol. The van der Waals surface area contributed by atoms with Crippen LogP contribution in [0.25, 0.3) is 10.4 Å². The predicted octanol–water partition coefficient (Wildman–Crippen LogP) is 3.51. The molecule has 0 radical (unpaired) electrons. The smallest absolute Gasteiger partial charge is 0.251 e. The van der Waals surface area contributed by atoms with E-state index in [9.17, 15) is 19.5 Å². The number of likely N-dealkylation sites (tertiary alicyclic amines) is 1. The Labute approximate surface area is 217 Å². The number of unbranched alkanes of at least 4 members (excludes halogenated alkanes) is 2. The fourth-order valence-electron chi connectivity index (χ4n) is 4.66. The number of thiazole rings is 1. The summed E-state index contributed by atoms with van der Waals surface area (Å²) in [7, 11) is 0. The zero-order valence-electron chi connectivity index (χ0n) is 21.6. The number of aliphatic hydroxyl groups is 1. The topological polar surface area (TPSA) is 126 Å². The molecule has 0 spiro atoms. The zero-order chi connectivity index (χ0) is 26.5. The summed E-state index contributed by atoms with van der Waals surface area (Å²) in [5, 5.41) is 13.3. The van der Waals surface area contributed by atoms with E-state index in [1.54, 1.807) is 18.3 Å². The van der Waals surface area contributed by atoms with E-state index in [0.717, 1.165) is 34.5 Å². The van der Waals surface area contributed by atoms with Crippen LogP contribution in [-0.4, -0.2) is 56.8 Å². The van der Waals surface area contributed by atoms with Crippen LogP contribution < -0.4 is 11.1 Å². The number of aryl methyl sites for hydroxylation is 1. The first kappa shape index (κ1) is 28.0. The molecule has 196 valence electrons. The summed E-state index contributed by atoms with van der Waals surface area (Å²) in [4.78, 5) is 46.3. The SMILES string of the molecule is CCCCCC(=O)C(N)(CC)C(=O)N1CC(O)CC1C(=O)N[C@@H](C)c1ccc(-c2scnc2C)cc1. The number of β-amino-alcohol motifs (C(OH)–C–C–N with tert-alkyl or cyclic N) is 1. The van der Waals surface area contributed by atoms with Crippen LogP contribution in [0.4, 0.5) is 0 Å². The molecule has 1 aromatic carbocycles. The van der Waals surface area contributed by atoms with E-state index in [0.29, 0.717) is 6.42 Å². The molecule has 1 fully saturated rings. The van der Waals surface area contributed by atoms with Crippen molar-refractivity contribution in [3.8, 4) is 10.4 Å². The number of benzene rings is 1. The Hall–Kier alpha value is -2.62. The minimum Gasteiger partial charge on any atom is -0.391 e. The molecule has 9 heteroatoms. The Kier molecular flexibility index (Phi) is 9.38. The Balaban J connectivity index is 1.70. The highest BCUT2D eigenvalue weighted by molar-refractivity contribution is 7.13. The van der Waals surface area contributed by atoms with Gasteiger partial charge in [0.1, 0.15) is 6.04 Å². The van der Waals surface area contributed by atoms with Gasteiger partial charge in [-0.3, -0.25) is 14.4 Å². The van der Waals surface area contributed by atoms with Crippen LogP contribution in [0.15, 0.2) is 29.8 Å². The number of rotatable bonds is 11. The van der Waals surface area contributed by atoms with Gasteiger partial charge in [0.25, 0.3) is 5.91 Å². The molecule has 2 aromatic rings. The van der Waals surface area contributed by atoms with Crippen molar-refractivity contribution in [2.24, 2.45) is 5.73 Å². The number of carbonyl (C=O) groups is 3. The van der Waals surface area contributed by atoms with E-state index in [4.69, 9.17) is 5.73 Å². The molecular weight excluding hydrogens is 476 g/mol. The van der Waals surface area contributed by atoms with Crippen LogP contribution in [0.3, 0.4) is 0 Å². The van der Waals surface area contributed by atoms with E-state index in [1.807, 2.05) is 50.5 Å². The normalized spacial score (nSPS) is 20.1. The molecule has 2 amide bonds. The molecule has 2 heterocycles. The van der Waals surface area contributed by atoms with E-state index in [-0.39, 0.29) is 43.5 Å². The summed E-state index contributed by atoms with van der Waals surface area (Å²) in [5.74, 6) is -1.26. The maximum atomic E-state index is 13.5. The Morgan fingerprint density at radius 3 is 2.53 bits per heavy atom. The molecule has 0 aliphatic carbocycles. The molecule has 8 nitrogen and oxygen atoms in total. The minimum absolute atomic E-state index is 0.0185. The second-order valence-electron chi connectivity index (χ2n) is 9.69. The maximum Gasteiger partial charge on any atom is 0.251 e. The van der Waals surface area contributed by atoms with Crippen molar-refractivity contribution in [3.63, 3.8) is 0 Å². The zero-order valence-corrected chi connectivity index (χ0v) is 22.4. The van der Waals surface area contributed by atoms with Gasteiger partial charge < -0.3 is 21.1 Å². The lowest BCUT2D eigenvalue weighted by Gasteiger charge is -2.33. The fourth-order valence-corrected chi connectivity index (χ4v) is 5.48. The number of nitrogens with one attached hydrogen (secondary N) is 1. The van der Waals surface area contributed by atoms with Crippen molar-refractivity contribution in [1.82, 2.24) is 15.2 Å². The van der Waals surface area contributed by atoms with Crippen molar-refractivity contribution < 1.29 is 19.5 Å². The quantitative estimate of drug-likeness (QED) is 0.311. The van der Waals surface area contributed by atoms with E-state index in [1.165, 1.54) is 4.90 Å². The van der Waals surface area contributed by atoms with Crippen LogP contribution in [0.5, 0.6) is 0 Å². The number of aromatic nitrogens is 1. The van der Waals surface area contributed by atoms with Crippen molar-refractivity contribution >= 4 is 28.9 Å². The van der Waals surface area contributed by atoms with Gasteiger partial charge in [-0.2, -0.15) is 0 Å². The summed E-state index contributed by atoms with van der Waals surface area (Å²) < 4.78 is 0. The van der Waals surface area contributed by atoms with Gasteiger partial charge in [-0.1, -0.05) is 51.0 Å². The average Bonchev–Trinajstić information content (AvgIpc) is 3.48. The lowest BCUT2D eigenvalue weighted by atomic mass is 9.87. The van der Waals surface area contributed by atoms with Crippen molar-refractivity contribution in [2.75, 3.05) is 6.54 Å². The first-order valence-electron chi connectivity index (χ1n) is 12.7. The van der Waals surface area contributed by atoms with E-state index in [2.05, 4.69) is 10.3 Å². The summed E-state index contributed by atoms with van der Waals surface area (Å²) in [6.45, 7) is 7.57. The number of nitrogens with zero attached hydrogens (tertiary/aromatic N) is 2. The number of Topliss-reactive ketones (excluding diaryl/α,β-unsaturated/α-hetero) is 1. The van der Waals surface area contributed by atoms with Gasteiger partial charge in [0.05, 0.1) is 28.2 Å². The van der Waals surface area contributed by atoms with Crippen LogP contribution in [-0.2, 0) is 14.4 Å². The second kappa shape index (κ2) is 12.1. The second-order valence-corrected chi connectivity index (χ2v) is 10.5. The molecule has 0 bridgehead atoms. The Morgan fingerprint density at radius 1 is 1.25 bits per heavy atom. The van der Waals surface area contributed by atoms with Crippen molar-refractivity contribution in [2.45, 2.75) is 89.9 Å². The monoisotopic (exact) mass is 514 g/mol. The van der Waals surface area contributed by atoms with Gasteiger partial charge in [-0.25, -0.2) is 4.98 Å². The first-order chi connectivity index (χ1) is 17.1. The van der Waals surface area contributed by atoms with Gasteiger partial charge in [0, 0.05) is 19.4 Å². The van der Waals surface area contributed by atoms with Gasteiger partial charge >= 0.3 is 0 Å². The maximum absolute atomic E-state index is 13.5. The van der Waals surface area contributed by atoms with Crippen LogP contribution in [0.1, 0.15) is 76.6 Å². The third-order valence-corrected chi connectivity index (χ3v) is 8.04. The lowest BCUT2D eigenvalue weighted by Crippen LogP contribution is -2.62. The lowest BCUT2D eigenvalue weighted by molar-refractivity contribution is -0.147. The molecule has 4 N–H and O–H groups in total. The number of ketones is 1. The van der Waals surface area contributed by atoms with Gasteiger partial charge in [0.15, 0.2) is 11.3 Å². The number of nitrogens with two attached hydrogens (primary N) is 1. The van der Waals surface area contributed by atoms with Crippen LogP contribution in [0, 0.1) is 6.92 Å². The van der Waals surface area contributed by atoms with Crippen molar-refractivity contribution in [3.05, 3.63) is 41.0 Å². The average molecular weight is 515 g/mol. The molecule has 1 saturated heterocycles. The third kappa shape index (κ3) is 6.02. The summed E-state index contributed by atoms with van der Waals surface area (Å²) in [6.07, 6.45) is 2.14. The molecule has 36 heavy (non-hydrogen) atoms.